The van der Waals surface area contributed by atoms with E-state index in [0.29, 0.717) is 6.04 Å². The van der Waals surface area contributed by atoms with Crippen LogP contribution in [0, 0.1) is 12.8 Å². The minimum Gasteiger partial charge on any atom is -0.309 e. The maximum Gasteiger partial charge on any atom is 0.0576 e. The van der Waals surface area contributed by atoms with Crippen molar-refractivity contribution in [3.63, 3.8) is 0 Å². The van der Waals surface area contributed by atoms with Crippen LogP contribution in [0.25, 0.3) is 0 Å². The summed E-state index contributed by atoms with van der Waals surface area (Å²) in [7, 11) is 0. The molecule has 17 heavy (non-hydrogen) atoms. The lowest BCUT2D eigenvalue weighted by Gasteiger charge is -2.22. The molecule has 1 aromatic rings. The highest BCUT2D eigenvalue weighted by molar-refractivity contribution is 5.13. The van der Waals surface area contributed by atoms with Crippen LogP contribution < -0.4 is 5.32 Å². The van der Waals surface area contributed by atoms with Gasteiger partial charge in [-0.25, -0.2) is 0 Å². The highest BCUT2D eigenvalue weighted by Gasteiger charge is 2.16. The number of pyridine rings is 1. The Kier molecular flexibility index (Phi) is 6.20. The first-order chi connectivity index (χ1) is 8.21. The Morgan fingerprint density at radius 3 is 2.41 bits per heavy atom. The number of aryl methyl sites for hydroxylation is 1. The summed E-state index contributed by atoms with van der Waals surface area (Å²) in [6.45, 7) is 9.78. The average Bonchev–Trinajstić information content (AvgIpc) is 2.34. The Labute approximate surface area is 106 Å². The summed E-state index contributed by atoms with van der Waals surface area (Å²) in [5.74, 6) is 0.793. The van der Waals surface area contributed by atoms with Gasteiger partial charge in [0, 0.05) is 11.7 Å². The molecule has 1 atom stereocenters. The second kappa shape index (κ2) is 7.44. The third-order valence-electron chi connectivity index (χ3n) is 3.44. The van der Waals surface area contributed by atoms with Gasteiger partial charge in [0.1, 0.15) is 0 Å². The van der Waals surface area contributed by atoms with E-state index in [1.807, 2.05) is 0 Å². The fourth-order valence-corrected chi connectivity index (χ4v) is 2.27. The van der Waals surface area contributed by atoms with Crippen molar-refractivity contribution in [1.82, 2.24) is 10.3 Å². The number of aromatic nitrogens is 1. The number of hydrogen-bond acceptors (Lipinski definition) is 2. The highest BCUT2D eigenvalue weighted by Crippen LogP contribution is 2.24. The van der Waals surface area contributed by atoms with Gasteiger partial charge in [-0.15, -0.1) is 0 Å². The first-order valence-corrected chi connectivity index (χ1v) is 6.88. The van der Waals surface area contributed by atoms with Crippen molar-refractivity contribution < 1.29 is 0 Å². The zero-order valence-corrected chi connectivity index (χ0v) is 11.7. The van der Waals surface area contributed by atoms with Gasteiger partial charge in [-0.3, -0.25) is 4.98 Å². The maximum atomic E-state index is 4.65. The molecular weight excluding hydrogens is 208 g/mol. The first kappa shape index (κ1) is 14.2. The molecule has 0 saturated heterocycles. The van der Waals surface area contributed by atoms with Crippen LogP contribution in [0.15, 0.2) is 18.2 Å². The van der Waals surface area contributed by atoms with Gasteiger partial charge in [0.2, 0.25) is 0 Å². The summed E-state index contributed by atoms with van der Waals surface area (Å²) in [6, 6.07) is 6.71. The molecule has 0 aliphatic heterocycles. The van der Waals surface area contributed by atoms with E-state index in [2.05, 4.69) is 56.2 Å². The van der Waals surface area contributed by atoms with E-state index in [-0.39, 0.29) is 0 Å². The molecule has 2 nitrogen and oxygen atoms in total. The number of nitrogens with zero attached hydrogens (tertiary/aromatic N) is 1. The van der Waals surface area contributed by atoms with Crippen molar-refractivity contribution in [2.24, 2.45) is 5.92 Å². The van der Waals surface area contributed by atoms with Crippen LogP contribution in [0.1, 0.15) is 57.5 Å². The lowest BCUT2D eigenvalue weighted by atomic mass is 9.93. The molecule has 0 saturated carbocycles. The Morgan fingerprint density at radius 2 is 1.88 bits per heavy atom. The van der Waals surface area contributed by atoms with Crippen molar-refractivity contribution in [2.45, 2.75) is 53.0 Å². The second-order valence-corrected chi connectivity index (χ2v) is 4.73. The largest absolute Gasteiger partial charge is 0.309 e. The Bertz CT molecular complexity index is 318. The number of hydrogen-bond donors (Lipinski definition) is 1. The molecule has 0 bridgehead atoms. The SMILES string of the molecule is CCNC(CC(CC)CC)c1cccc(C)n1. The predicted octanol–water partition coefficient (Wildman–Crippen LogP) is 3.87. The lowest BCUT2D eigenvalue weighted by Crippen LogP contribution is -2.24. The van der Waals surface area contributed by atoms with Gasteiger partial charge >= 0.3 is 0 Å². The van der Waals surface area contributed by atoms with E-state index in [4.69, 9.17) is 0 Å². The summed E-state index contributed by atoms with van der Waals surface area (Å²) in [5.41, 5.74) is 2.30. The van der Waals surface area contributed by atoms with Gasteiger partial charge in [0.05, 0.1) is 5.69 Å². The van der Waals surface area contributed by atoms with Gasteiger partial charge in [-0.1, -0.05) is 39.7 Å². The molecular formula is C15H26N2. The fraction of sp³-hybridized carbons (Fsp3) is 0.667. The summed E-state index contributed by atoms with van der Waals surface area (Å²) in [6.07, 6.45) is 3.70. The molecule has 0 fully saturated rings. The molecule has 0 aliphatic carbocycles. The monoisotopic (exact) mass is 234 g/mol. The molecule has 1 rings (SSSR count). The molecule has 1 aromatic heterocycles. The molecule has 96 valence electrons. The zero-order valence-electron chi connectivity index (χ0n) is 11.7. The van der Waals surface area contributed by atoms with Gasteiger partial charge in [-0.05, 0) is 37.9 Å². The molecule has 2 heteroatoms. The van der Waals surface area contributed by atoms with E-state index in [1.165, 1.54) is 25.0 Å². The first-order valence-electron chi connectivity index (χ1n) is 6.88. The molecule has 1 unspecified atom stereocenters. The quantitative estimate of drug-likeness (QED) is 0.774. The van der Waals surface area contributed by atoms with Crippen molar-refractivity contribution in [2.75, 3.05) is 6.54 Å². The molecule has 1 heterocycles. The molecule has 0 radical (unpaired) electrons. The van der Waals surface area contributed by atoms with E-state index in [1.54, 1.807) is 0 Å². The van der Waals surface area contributed by atoms with Crippen molar-refractivity contribution in [3.8, 4) is 0 Å². The zero-order chi connectivity index (χ0) is 12.7. The predicted molar refractivity (Wildman–Crippen MR) is 74.1 cm³/mol. The van der Waals surface area contributed by atoms with E-state index < -0.39 is 0 Å². The van der Waals surface area contributed by atoms with E-state index in [9.17, 15) is 0 Å². The topological polar surface area (TPSA) is 24.9 Å². The smallest absolute Gasteiger partial charge is 0.0576 e. The van der Waals surface area contributed by atoms with Crippen LogP contribution in [0.5, 0.6) is 0 Å². The molecule has 0 aliphatic rings. The summed E-state index contributed by atoms with van der Waals surface area (Å²) < 4.78 is 0. The van der Waals surface area contributed by atoms with Crippen LogP contribution >= 0.6 is 0 Å². The summed E-state index contributed by atoms with van der Waals surface area (Å²) in [4.78, 5) is 4.65. The van der Waals surface area contributed by atoms with E-state index >= 15 is 0 Å². The Balaban J connectivity index is 2.77. The molecule has 0 amide bonds. The van der Waals surface area contributed by atoms with Crippen molar-refractivity contribution in [1.29, 1.82) is 0 Å². The van der Waals surface area contributed by atoms with E-state index in [0.717, 1.165) is 18.2 Å². The second-order valence-electron chi connectivity index (χ2n) is 4.73. The minimum atomic E-state index is 0.407. The minimum absolute atomic E-state index is 0.407. The van der Waals surface area contributed by atoms with Gasteiger partial charge in [0.15, 0.2) is 0 Å². The summed E-state index contributed by atoms with van der Waals surface area (Å²) in [5, 5.41) is 3.56. The molecule has 0 spiro atoms. The van der Waals surface area contributed by atoms with Crippen LogP contribution in [0.3, 0.4) is 0 Å². The normalized spacial score (nSPS) is 13.0. The average molecular weight is 234 g/mol. The van der Waals surface area contributed by atoms with Crippen LogP contribution in [0.4, 0.5) is 0 Å². The van der Waals surface area contributed by atoms with Crippen LogP contribution in [0.2, 0.25) is 0 Å². The Morgan fingerprint density at radius 1 is 1.18 bits per heavy atom. The molecule has 0 aromatic carbocycles. The van der Waals surface area contributed by atoms with Crippen LogP contribution in [-0.2, 0) is 0 Å². The fourth-order valence-electron chi connectivity index (χ4n) is 2.27. The standard InChI is InChI=1S/C15H26N2/c1-5-13(6-2)11-15(16-7-3)14-10-8-9-12(4)17-14/h8-10,13,15-16H,5-7,11H2,1-4H3. The summed E-state index contributed by atoms with van der Waals surface area (Å²) >= 11 is 0. The number of rotatable bonds is 7. The van der Waals surface area contributed by atoms with Gasteiger partial charge < -0.3 is 5.32 Å². The maximum absolute atomic E-state index is 4.65. The Hall–Kier alpha value is -0.890. The third-order valence-corrected chi connectivity index (χ3v) is 3.44. The number of nitrogens with one attached hydrogen (secondary N) is 1. The third kappa shape index (κ3) is 4.47. The van der Waals surface area contributed by atoms with Gasteiger partial charge in [0.25, 0.3) is 0 Å². The van der Waals surface area contributed by atoms with Gasteiger partial charge in [-0.2, -0.15) is 0 Å². The van der Waals surface area contributed by atoms with Crippen molar-refractivity contribution >= 4 is 0 Å². The van der Waals surface area contributed by atoms with Crippen molar-refractivity contribution in [3.05, 3.63) is 29.6 Å². The highest BCUT2D eigenvalue weighted by atomic mass is 14.9. The lowest BCUT2D eigenvalue weighted by molar-refractivity contribution is 0.370. The van der Waals surface area contributed by atoms with Crippen LogP contribution in [-0.4, -0.2) is 11.5 Å². The molecule has 1 N–H and O–H groups in total.